The Balaban J connectivity index is 1.71. The molecule has 0 bridgehead atoms. The van der Waals surface area contributed by atoms with Crippen molar-refractivity contribution in [1.82, 2.24) is 9.97 Å². The molecule has 108 valence electrons. The lowest BCUT2D eigenvalue weighted by Crippen LogP contribution is -1.88. The van der Waals surface area contributed by atoms with Gasteiger partial charge in [0.1, 0.15) is 0 Å². The number of imidazole rings is 1. The first kappa shape index (κ1) is 14.0. The third kappa shape index (κ3) is 3.22. The molecule has 0 aliphatic carbocycles. The fourth-order valence-corrected chi connectivity index (χ4v) is 3.06. The number of aromatic nitrogens is 2. The molecular weight excluding hydrogens is 278 g/mol. The maximum absolute atomic E-state index is 5.78. The molecule has 0 aliphatic heterocycles. The van der Waals surface area contributed by atoms with E-state index in [1.54, 1.807) is 11.8 Å². The summed E-state index contributed by atoms with van der Waals surface area (Å²) >= 11 is 1.71. The molecule has 0 saturated carbocycles. The number of H-pyrrole nitrogens is 1. The fourth-order valence-electron chi connectivity index (χ4n) is 2.22. The number of nitrogens with one attached hydrogen (secondary N) is 1. The van der Waals surface area contributed by atoms with E-state index in [1.165, 1.54) is 11.1 Å². The number of nitrogens with two attached hydrogens (primary N) is 1. The highest BCUT2D eigenvalue weighted by atomic mass is 32.2. The molecule has 0 saturated heterocycles. The van der Waals surface area contributed by atoms with Crippen LogP contribution >= 0.6 is 11.8 Å². The predicted molar refractivity (Wildman–Crippen MR) is 90.6 cm³/mol. The van der Waals surface area contributed by atoms with Crippen molar-refractivity contribution in [1.29, 1.82) is 0 Å². The molecule has 0 spiro atoms. The van der Waals surface area contributed by atoms with Gasteiger partial charge in [0.25, 0.3) is 0 Å². The third-order valence-corrected chi connectivity index (χ3v) is 4.45. The summed E-state index contributed by atoms with van der Waals surface area (Å²) < 4.78 is 0. The molecule has 2 aromatic carbocycles. The standard InChI is InChI=1S/C17H19N3S/c1-11(2)13-5-3-12(4-6-13)10-21-17-19-15-8-7-14(18)9-16(15)20-17/h3-9,11H,10,18H2,1-2H3,(H,19,20). The van der Waals surface area contributed by atoms with E-state index in [-0.39, 0.29) is 0 Å². The van der Waals surface area contributed by atoms with Crippen LogP contribution < -0.4 is 5.73 Å². The van der Waals surface area contributed by atoms with Crippen molar-refractivity contribution in [3.05, 3.63) is 53.6 Å². The Bertz CT molecular complexity index is 744. The average Bonchev–Trinajstić information content (AvgIpc) is 2.87. The van der Waals surface area contributed by atoms with Gasteiger partial charge >= 0.3 is 0 Å². The normalized spacial score (nSPS) is 11.4. The highest BCUT2D eigenvalue weighted by molar-refractivity contribution is 7.98. The topological polar surface area (TPSA) is 54.7 Å². The summed E-state index contributed by atoms with van der Waals surface area (Å²) in [6.07, 6.45) is 0. The van der Waals surface area contributed by atoms with E-state index in [9.17, 15) is 0 Å². The first-order chi connectivity index (χ1) is 10.1. The molecule has 21 heavy (non-hydrogen) atoms. The van der Waals surface area contributed by atoms with Crippen molar-refractivity contribution < 1.29 is 0 Å². The number of anilines is 1. The highest BCUT2D eigenvalue weighted by Crippen LogP contribution is 2.25. The van der Waals surface area contributed by atoms with Crippen molar-refractivity contribution in [2.75, 3.05) is 5.73 Å². The van der Waals surface area contributed by atoms with Crippen LogP contribution in [0.25, 0.3) is 11.0 Å². The molecule has 0 atom stereocenters. The maximum atomic E-state index is 5.78. The zero-order valence-corrected chi connectivity index (χ0v) is 13.1. The van der Waals surface area contributed by atoms with Gasteiger partial charge in [-0.15, -0.1) is 0 Å². The van der Waals surface area contributed by atoms with Crippen LogP contribution in [0, 0.1) is 0 Å². The molecule has 3 nitrogen and oxygen atoms in total. The van der Waals surface area contributed by atoms with Crippen LogP contribution in [0.1, 0.15) is 30.9 Å². The first-order valence-corrected chi connectivity index (χ1v) is 8.07. The second kappa shape index (κ2) is 5.82. The Labute approximate surface area is 129 Å². The van der Waals surface area contributed by atoms with Crippen molar-refractivity contribution in [2.24, 2.45) is 0 Å². The summed E-state index contributed by atoms with van der Waals surface area (Å²) in [5.41, 5.74) is 11.2. The van der Waals surface area contributed by atoms with Gasteiger partial charge < -0.3 is 10.7 Å². The molecule has 0 amide bonds. The van der Waals surface area contributed by atoms with Crippen LogP contribution in [0.3, 0.4) is 0 Å². The van der Waals surface area contributed by atoms with E-state index < -0.39 is 0 Å². The molecular formula is C17H19N3S. The maximum Gasteiger partial charge on any atom is 0.166 e. The minimum absolute atomic E-state index is 0.576. The van der Waals surface area contributed by atoms with Crippen LogP contribution in [0.2, 0.25) is 0 Å². The van der Waals surface area contributed by atoms with E-state index in [4.69, 9.17) is 5.73 Å². The molecule has 1 aromatic heterocycles. The average molecular weight is 297 g/mol. The van der Waals surface area contributed by atoms with Crippen LogP contribution in [0.5, 0.6) is 0 Å². The predicted octanol–water partition coefficient (Wildman–Crippen LogP) is 4.56. The molecule has 0 aliphatic rings. The largest absolute Gasteiger partial charge is 0.399 e. The summed E-state index contributed by atoms with van der Waals surface area (Å²) in [6.45, 7) is 4.42. The molecule has 1 heterocycles. The van der Waals surface area contributed by atoms with E-state index in [0.29, 0.717) is 5.92 Å². The van der Waals surface area contributed by atoms with Crippen molar-refractivity contribution in [3.63, 3.8) is 0 Å². The van der Waals surface area contributed by atoms with E-state index in [1.807, 2.05) is 18.2 Å². The lowest BCUT2D eigenvalue weighted by molar-refractivity contribution is 0.866. The SMILES string of the molecule is CC(C)c1ccc(CSc2nc3ccc(N)cc3[nH]2)cc1. The molecule has 0 fully saturated rings. The summed E-state index contributed by atoms with van der Waals surface area (Å²) in [6, 6.07) is 14.6. The van der Waals surface area contributed by atoms with Crippen LogP contribution in [0.15, 0.2) is 47.6 Å². The zero-order chi connectivity index (χ0) is 14.8. The number of thioether (sulfide) groups is 1. The second-order valence-corrected chi connectivity index (χ2v) is 6.47. The summed E-state index contributed by atoms with van der Waals surface area (Å²) in [7, 11) is 0. The van der Waals surface area contributed by atoms with E-state index >= 15 is 0 Å². The number of benzene rings is 2. The van der Waals surface area contributed by atoms with Crippen LogP contribution in [-0.2, 0) is 5.75 Å². The lowest BCUT2D eigenvalue weighted by Gasteiger charge is -2.06. The van der Waals surface area contributed by atoms with Gasteiger partial charge in [-0.3, -0.25) is 0 Å². The molecule has 3 rings (SSSR count). The van der Waals surface area contributed by atoms with Gasteiger partial charge in [-0.1, -0.05) is 49.9 Å². The smallest absolute Gasteiger partial charge is 0.166 e. The summed E-state index contributed by atoms with van der Waals surface area (Å²) in [5.74, 6) is 1.49. The Morgan fingerprint density at radius 3 is 2.62 bits per heavy atom. The number of rotatable bonds is 4. The summed E-state index contributed by atoms with van der Waals surface area (Å²) in [4.78, 5) is 7.87. The van der Waals surface area contributed by atoms with Crippen molar-refractivity contribution in [2.45, 2.75) is 30.7 Å². The van der Waals surface area contributed by atoms with Gasteiger partial charge in [-0.2, -0.15) is 0 Å². The van der Waals surface area contributed by atoms with Gasteiger partial charge in [0.15, 0.2) is 5.16 Å². The Kier molecular flexibility index (Phi) is 3.88. The number of nitrogens with zero attached hydrogens (tertiary/aromatic N) is 1. The fraction of sp³-hybridized carbons (Fsp3) is 0.235. The number of hydrogen-bond donors (Lipinski definition) is 2. The quantitative estimate of drug-likeness (QED) is 0.548. The van der Waals surface area contributed by atoms with Gasteiger partial charge in [-0.25, -0.2) is 4.98 Å². The molecule has 3 aromatic rings. The Hall–Kier alpha value is -1.94. The monoisotopic (exact) mass is 297 g/mol. The van der Waals surface area contributed by atoms with Crippen LogP contribution in [0.4, 0.5) is 5.69 Å². The molecule has 3 N–H and O–H groups in total. The minimum atomic E-state index is 0.576. The number of hydrogen-bond acceptors (Lipinski definition) is 3. The first-order valence-electron chi connectivity index (χ1n) is 7.09. The van der Waals surface area contributed by atoms with E-state index in [2.05, 4.69) is 48.1 Å². The Morgan fingerprint density at radius 1 is 1.14 bits per heavy atom. The van der Waals surface area contributed by atoms with Crippen molar-refractivity contribution in [3.8, 4) is 0 Å². The van der Waals surface area contributed by atoms with Gasteiger partial charge in [0.05, 0.1) is 11.0 Å². The molecule has 0 unspecified atom stereocenters. The number of fused-ring (bicyclic) bond motifs is 1. The molecule has 4 heteroatoms. The van der Waals surface area contributed by atoms with Gasteiger partial charge in [-0.05, 0) is 35.2 Å². The van der Waals surface area contributed by atoms with Gasteiger partial charge in [0.2, 0.25) is 0 Å². The van der Waals surface area contributed by atoms with E-state index in [0.717, 1.165) is 27.6 Å². The van der Waals surface area contributed by atoms with Gasteiger partial charge in [0, 0.05) is 11.4 Å². The zero-order valence-electron chi connectivity index (χ0n) is 12.3. The Morgan fingerprint density at radius 2 is 1.90 bits per heavy atom. The number of nitrogen functional groups attached to an aromatic ring is 1. The second-order valence-electron chi connectivity index (χ2n) is 5.50. The minimum Gasteiger partial charge on any atom is -0.399 e. The molecule has 0 radical (unpaired) electrons. The third-order valence-electron chi connectivity index (χ3n) is 3.51. The highest BCUT2D eigenvalue weighted by Gasteiger charge is 2.05. The summed E-state index contributed by atoms with van der Waals surface area (Å²) in [5, 5.41) is 0.934. The lowest BCUT2D eigenvalue weighted by atomic mass is 10.0. The van der Waals surface area contributed by atoms with Crippen molar-refractivity contribution >= 4 is 28.5 Å². The van der Waals surface area contributed by atoms with Crippen LogP contribution in [-0.4, -0.2) is 9.97 Å². The number of aromatic amines is 1.